The van der Waals surface area contributed by atoms with Crippen LogP contribution in [0.5, 0.6) is 0 Å². The lowest BCUT2D eigenvalue weighted by Crippen LogP contribution is -2.11. The van der Waals surface area contributed by atoms with Crippen LogP contribution >= 0.6 is 11.3 Å². The maximum absolute atomic E-state index is 12.2. The largest absolute Gasteiger partial charge is 0.321 e. The highest BCUT2D eigenvalue weighted by Crippen LogP contribution is 2.22. The minimum Gasteiger partial charge on any atom is -0.321 e. The number of aryl methyl sites for hydroxylation is 2. The van der Waals surface area contributed by atoms with E-state index >= 15 is 0 Å². The summed E-state index contributed by atoms with van der Waals surface area (Å²) >= 11 is 1.43. The van der Waals surface area contributed by atoms with Gasteiger partial charge in [0.05, 0.1) is 10.7 Å². The Kier molecular flexibility index (Phi) is 4.55. The highest BCUT2D eigenvalue weighted by Gasteiger charge is 2.14. The predicted octanol–water partition coefficient (Wildman–Crippen LogP) is 4.53. The van der Waals surface area contributed by atoms with Gasteiger partial charge in [-0.3, -0.25) is 4.79 Å². The Labute approximate surface area is 124 Å². The number of hydrogen-bond acceptors (Lipinski definition) is 3. The molecule has 2 aromatic rings. The van der Waals surface area contributed by atoms with Crippen LogP contribution in [0.2, 0.25) is 0 Å². The number of anilines is 1. The Morgan fingerprint density at radius 1 is 1.30 bits per heavy atom. The Bertz CT molecular complexity index is 601. The molecule has 0 aliphatic heterocycles. The fourth-order valence-corrected chi connectivity index (χ4v) is 2.88. The van der Waals surface area contributed by atoms with Crippen LogP contribution in [0.1, 0.15) is 52.1 Å². The third kappa shape index (κ3) is 3.25. The van der Waals surface area contributed by atoms with E-state index in [0.717, 1.165) is 22.8 Å². The molecule has 1 heterocycles. The van der Waals surface area contributed by atoms with Crippen molar-refractivity contribution in [2.24, 2.45) is 0 Å². The molecule has 0 unspecified atom stereocenters. The van der Waals surface area contributed by atoms with E-state index in [4.69, 9.17) is 0 Å². The molecule has 0 saturated carbocycles. The van der Waals surface area contributed by atoms with Gasteiger partial charge in [-0.15, -0.1) is 11.3 Å². The minimum atomic E-state index is -0.0793. The van der Waals surface area contributed by atoms with Crippen LogP contribution < -0.4 is 5.32 Å². The molecule has 106 valence electrons. The van der Waals surface area contributed by atoms with Crippen LogP contribution in [0, 0.1) is 13.8 Å². The summed E-state index contributed by atoms with van der Waals surface area (Å²) in [7, 11) is 0. The van der Waals surface area contributed by atoms with Crippen molar-refractivity contribution >= 4 is 22.9 Å². The van der Waals surface area contributed by atoms with Gasteiger partial charge in [0.25, 0.3) is 5.91 Å². The maximum Gasteiger partial charge on any atom is 0.267 e. The molecule has 0 fully saturated rings. The van der Waals surface area contributed by atoms with Crippen LogP contribution in [-0.2, 0) is 0 Å². The molecule has 4 heteroatoms. The Balaban J connectivity index is 2.10. The molecule has 0 aliphatic carbocycles. The molecule has 1 atom stereocenters. The summed E-state index contributed by atoms with van der Waals surface area (Å²) in [5, 5.41) is 3.84. The van der Waals surface area contributed by atoms with Gasteiger partial charge in [0, 0.05) is 5.69 Å². The van der Waals surface area contributed by atoms with Crippen molar-refractivity contribution in [3.63, 3.8) is 0 Å². The van der Waals surface area contributed by atoms with Crippen molar-refractivity contribution in [3.05, 3.63) is 45.4 Å². The topological polar surface area (TPSA) is 42.0 Å². The maximum atomic E-state index is 12.2. The van der Waals surface area contributed by atoms with E-state index in [1.54, 1.807) is 0 Å². The molecule has 0 aliphatic rings. The van der Waals surface area contributed by atoms with E-state index in [9.17, 15) is 4.79 Å². The predicted molar refractivity (Wildman–Crippen MR) is 84.7 cm³/mol. The highest BCUT2D eigenvalue weighted by atomic mass is 32.1. The molecular weight excluding hydrogens is 268 g/mol. The number of carbonyl (C=O) groups is 1. The lowest BCUT2D eigenvalue weighted by Gasteiger charge is -2.10. The van der Waals surface area contributed by atoms with E-state index in [1.807, 2.05) is 26.0 Å². The monoisotopic (exact) mass is 288 g/mol. The molecule has 0 radical (unpaired) electrons. The van der Waals surface area contributed by atoms with Gasteiger partial charge >= 0.3 is 0 Å². The first kappa shape index (κ1) is 14.7. The summed E-state index contributed by atoms with van der Waals surface area (Å²) in [6.45, 7) is 8.16. The van der Waals surface area contributed by atoms with Crippen LogP contribution in [-0.4, -0.2) is 10.9 Å². The van der Waals surface area contributed by atoms with E-state index in [-0.39, 0.29) is 5.91 Å². The van der Waals surface area contributed by atoms with Gasteiger partial charge in [-0.05, 0) is 43.9 Å². The second-order valence-corrected chi connectivity index (χ2v) is 6.24. The number of nitrogens with one attached hydrogen (secondary N) is 1. The van der Waals surface area contributed by atoms with Crippen LogP contribution in [0.3, 0.4) is 0 Å². The van der Waals surface area contributed by atoms with Gasteiger partial charge in [0.2, 0.25) is 0 Å². The zero-order valence-electron chi connectivity index (χ0n) is 12.4. The second kappa shape index (κ2) is 6.18. The fraction of sp³-hybridized carbons (Fsp3) is 0.375. The molecular formula is C16H20N2OS. The molecule has 20 heavy (non-hydrogen) atoms. The third-order valence-corrected chi connectivity index (χ3v) is 4.53. The summed E-state index contributed by atoms with van der Waals surface area (Å²) in [4.78, 5) is 17.2. The molecule has 1 aromatic carbocycles. The van der Waals surface area contributed by atoms with E-state index in [0.29, 0.717) is 10.8 Å². The quantitative estimate of drug-likeness (QED) is 0.898. The lowest BCUT2D eigenvalue weighted by atomic mass is 9.99. The molecule has 3 nitrogen and oxygen atoms in total. The molecule has 1 aromatic heterocycles. The van der Waals surface area contributed by atoms with Gasteiger partial charge in [0.15, 0.2) is 0 Å². The van der Waals surface area contributed by atoms with Crippen LogP contribution in [0.15, 0.2) is 24.3 Å². The van der Waals surface area contributed by atoms with E-state index in [1.165, 1.54) is 16.9 Å². The number of thiazole rings is 1. The molecule has 1 amide bonds. The Hall–Kier alpha value is -1.68. The molecule has 0 bridgehead atoms. The first-order chi connectivity index (χ1) is 9.51. The average Bonchev–Trinajstić information content (AvgIpc) is 2.78. The standard InChI is InChI=1S/C16H20N2OS/c1-5-10(2)13-6-8-14(9-7-13)18-16(19)15-11(3)17-12(4)20-15/h6-10H,5H2,1-4H3,(H,18,19)/t10-/m0/s1. The first-order valence-electron chi connectivity index (χ1n) is 6.86. The highest BCUT2D eigenvalue weighted by molar-refractivity contribution is 7.13. The first-order valence-corrected chi connectivity index (χ1v) is 7.68. The fourth-order valence-electron chi connectivity index (χ4n) is 2.06. The number of aromatic nitrogens is 1. The zero-order chi connectivity index (χ0) is 14.7. The van der Waals surface area contributed by atoms with Gasteiger partial charge in [-0.2, -0.15) is 0 Å². The Morgan fingerprint density at radius 2 is 1.95 bits per heavy atom. The van der Waals surface area contributed by atoms with Crippen molar-refractivity contribution < 1.29 is 4.79 Å². The third-order valence-electron chi connectivity index (χ3n) is 3.46. The van der Waals surface area contributed by atoms with Gasteiger partial charge in [-0.25, -0.2) is 4.98 Å². The molecule has 2 rings (SSSR count). The second-order valence-electron chi connectivity index (χ2n) is 5.03. The van der Waals surface area contributed by atoms with Gasteiger partial charge < -0.3 is 5.32 Å². The van der Waals surface area contributed by atoms with Crippen LogP contribution in [0.4, 0.5) is 5.69 Å². The lowest BCUT2D eigenvalue weighted by molar-refractivity contribution is 0.103. The van der Waals surface area contributed by atoms with Gasteiger partial charge in [-0.1, -0.05) is 26.0 Å². The summed E-state index contributed by atoms with van der Waals surface area (Å²) in [5.74, 6) is 0.468. The number of hydrogen-bond donors (Lipinski definition) is 1. The number of benzene rings is 1. The zero-order valence-corrected chi connectivity index (χ0v) is 13.2. The van der Waals surface area contributed by atoms with Crippen molar-refractivity contribution in [2.45, 2.75) is 40.0 Å². The summed E-state index contributed by atoms with van der Waals surface area (Å²) in [5.41, 5.74) is 2.92. The number of nitrogens with zero attached hydrogens (tertiary/aromatic N) is 1. The minimum absolute atomic E-state index is 0.0793. The van der Waals surface area contributed by atoms with Crippen molar-refractivity contribution in [3.8, 4) is 0 Å². The summed E-state index contributed by atoms with van der Waals surface area (Å²) in [6, 6.07) is 8.08. The van der Waals surface area contributed by atoms with Crippen molar-refractivity contribution in [1.29, 1.82) is 0 Å². The number of rotatable bonds is 4. The van der Waals surface area contributed by atoms with Crippen LogP contribution in [0.25, 0.3) is 0 Å². The van der Waals surface area contributed by atoms with E-state index < -0.39 is 0 Å². The van der Waals surface area contributed by atoms with Gasteiger partial charge in [0.1, 0.15) is 4.88 Å². The van der Waals surface area contributed by atoms with Crippen molar-refractivity contribution in [2.75, 3.05) is 5.32 Å². The smallest absolute Gasteiger partial charge is 0.267 e. The molecule has 1 N–H and O–H groups in total. The SMILES string of the molecule is CC[C@H](C)c1ccc(NC(=O)c2sc(C)nc2C)cc1. The summed E-state index contributed by atoms with van der Waals surface area (Å²) < 4.78 is 0. The number of amides is 1. The Morgan fingerprint density at radius 3 is 2.45 bits per heavy atom. The normalized spacial score (nSPS) is 12.2. The molecule has 0 saturated heterocycles. The van der Waals surface area contributed by atoms with E-state index in [2.05, 4.69) is 36.3 Å². The van der Waals surface area contributed by atoms with Crippen molar-refractivity contribution in [1.82, 2.24) is 4.98 Å². The number of carbonyl (C=O) groups excluding carboxylic acids is 1. The average molecular weight is 288 g/mol. The summed E-state index contributed by atoms with van der Waals surface area (Å²) in [6.07, 6.45) is 1.12. The molecule has 0 spiro atoms.